The molecule has 0 aliphatic carbocycles. The fourth-order valence-electron chi connectivity index (χ4n) is 1.89. The summed E-state index contributed by atoms with van der Waals surface area (Å²) in [5.41, 5.74) is 0.111. The number of rotatable bonds is 9. The normalized spacial score (nSPS) is 10.7. The first-order valence-corrected chi connectivity index (χ1v) is 9.40. The highest BCUT2D eigenvalue weighted by Gasteiger charge is 2.18. The Morgan fingerprint density at radius 2 is 1.81 bits per heavy atom. The number of carbonyl (C=O) groups excluding carboxylic acids is 3. The van der Waals surface area contributed by atoms with E-state index in [-0.39, 0.29) is 42.4 Å². The van der Waals surface area contributed by atoms with Crippen molar-refractivity contribution in [2.24, 2.45) is 0 Å². The quantitative estimate of drug-likeness (QED) is 0.460. The number of carbonyl (C=O) groups is 3. The van der Waals surface area contributed by atoms with Gasteiger partial charge in [-0.25, -0.2) is 12.7 Å². The van der Waals surface area contributed by atoms with E-state index in [1.807, 2.05) is 0 Å². The van der Waals surface area contributed by atoms with Crippen LogP contribution in [0.5, 0.6) is 0 Å². The van der Waals surface area contributed by atoms with Gasteiger partial charge in [0.15, 0.2) is 0 Å². The molecule has 0 aliphatic heterocycles. The van der Waals surface area contributed by atoms with Crippen molar-refractivity contribution in [3.63, 3.8) is 0 Å². The predicted molar refractivity (Wildman–Crippen MR) is 99.1 cm³/mol. The number of amides is 3. The van der Waals surface area contributed by atoms with Crippen molar-refractivity contribution < 1.29 is 22.8 Å². The Morgan fingerprint density at radius 3 is 2.44 bits per heavy atom. The maximum absolute atomic E-state index is 12.1. The topological polar surface area (TPSA) is 125 Å². The van der Waals surface area contributed by atoms with Gasteiger partial charge in [0.1, 0.15) is 0 Å². The van der Waals surface area contributed by atoms with E-state index in [1.165, 1.54) is 38.4 Å². The van der Waals surface area contributed by atoms with Crippen LogP contribution in [0.25, 0.3) is 0 Å². The fraction of sp³-hybridized carbons (Fsp3) is 0.353. The second kappa shape index (κ2) is 10.3. The molecule has 3 amide bonds. The van der Waals surface area contributed by atoms with Crippen LogP contribution in [0, 0.1) is 12.3 Å². The van der Waals surface area contributed by atoms with Gasteiger partial charge < -0.3 is 16.0 Å². The smallest absolute Gasteiger partial charge is 0.251 e. The third-order valence-electron chi connectivity index (χ3n) is 3.35. The summed E-state index contributed by atoms with van der Waals surface area (Å²) in [7, 11) is -0.891. The lowest BCUT2D eigenvalue weighted by atomic mass is 10.2. The lowest BCUT2D eigenvalue weighted by molar-refractivity contribution is -0.121. The first-order valence-electron chi connectivity index (χ1n) is 7.96. The molecule has 0 saturated heterocycles. The Bertz CT molecular complexity index is 843. The molecule has 1 aromatic rings. The molecule has 0 radical (unpaired) electrons. The summed E-state index contributed by atoms with van der Waals surface area (Å²) in [5, 5.41) is 7.33. The van der Waals surface area contributed by atoms with Crippen molar-refractivity contribution in [1.82, 2.24) is 20.3 Å². The van der Waals surface area contributed by atoms with Crippen LogP contribution >= 0.6 is 0 Å². The first-order chi connectivity index (χ1) is 12.7. The molecular formula is C17H22N4O5S. The van der Waals surface area contributed by atoms with Gasteiger partial charge >= 0.3 is 0 Å². The van der Waals surface area contributed by atoms with Crippen LogP contribution in [0.15, 0.2) is 29.2 Å². The van der Waals surface area contributed by atoms with Crippen molar-refractivity contribution in [3.05, 3.63) is 29.8 Å². The maximum Gasteiger partial charge on any atom is 0.251 e. The minimum atomic E-state index is -3.67. The number of hydrogen-bond acceptors (Lipinski definition) is 5. The van der Waals surface area contributed by atoms with E-state index >= 15 is 0 Å². The van der Waals surface area contributed by atoms with E-state index < -0.39 is 21.8 Å². The minimum absolute atomic E-state index is 0.0254. The van der Waals surface area contributed by atoms with E-state index in [0.717, 1.165) is 4.31 Å². The number of sulfonamides is 1. The van der Waals surface area contributed by atoms with Crippen LogP contribution < -0.4 is 16.0 Å². The summed E-state index contributed by atoms with van der Waals surface area (Å²) in [5.74, 6) is 0.892. The van der Waals surface area contributed by atoms with Crippen molar-refractivity contribution in [2.45, 2.75) is 11.3 Å². The van der Waals surface area contributed by atoms with Crippen LogP contribution in [-0.4, -0.2) is 64.2 Å². The zero-order chi connectivity index (χ0) is 20.4. The van der Waals surface area contributed by atoms with Crippen molar-refractivity contribution in [3.8, 4) is 12.3 Å². The Labute approximate surface area is 158 Å². The Hall–Kier alpha value is -2.90. The van der Waals surface area contributed by atoms with Gasteiger partial charge in [-0.15, -0.1) is 6.42 Å². The van der Waals surface area contributed by atoms with Crippen LogP contribution in [-0.2, 0) is 19.6 Å². The molecule has 1 aromatic carbocycles. The molecule has 9 nitrogen and oxygen atoms in total. The van der Waals surface area contributed by atoms with Crippen molar-refractivity contribution in [1.29, 1.82) is 0 Å². The van der Waals surface area contributed by atoms with E-state index in [1.54, 1.807) is 0 Å². The molecule has 0 aromatic heterocycles. The number of nitrogens with zero attached hydrogens (tertiary/aromatic N) is 1. The average molecular weight is 394 g/mol. The van der Waals surface area contributed by atoms with Crippen LogP contribution in [0.2, 0.25) is 0 Å². The second-order valence-electron chi connectivity index (χ2n) is 5.58. The predicted octanol–water partition coefficient (Wildman–Crippen LogP) is -1.08. The molecule has 0 unspecified atom stereocenters. The molecule has 3 N–H and O–H groups in total. The van der Waals surface area contributed by atoms with E-state index in [2.05, 4.69) is 21.9 Å². The molecule has 0 bridgehead atoms. The molecule has 0 spiro atoms. The Balaban J connectivity index is 2.52. The third-order valence-corrected chi connectivity index (χ3v) is 5.16. The molecule has 146 valence electrons. The van der Waals surface area contributed by atoms with E-state index in [4.69, 9.17) is 6.42 Å². The lowest BCUT2D eigenvalue weighted by Crippen LogP contribution is -2.38. The van der Waals surface area contributed by atoms with Gasteiger partial charge in [-0.05, 0) is 18.2 Å². The van der Waals surface area contributed by atoms with Gasteiger partial charge in [0.25, 0.3) is 5.91 Å². The zero-order valence-corrected chi connectivity index (χ0v) is 15.9. The summed E-state index contributed by atoms with van der Waals surface area (Å²) >= 11 is 0. The van der Waals surface area contributed by atoms with Gasteiger partial charge in [0.2, 0.25) is 21.8 Å². The lowest BCUT2D eigenvalue weighted by Gasteiger charge is -2.12. The Kier molecular flexibility index (Phi) is 8.44. The molecule has 27 heavy (non-hydrogen) atoms. The summed E-state index contributed by atoms with van der Waals surface area (Å²) < 4.78 is 25.2. The number of terminal acetylenes is 1. The summed E-state index contributed by atoms with van der Waals surface area (Å²) in [6.45, 7) is -0.0947. The number of hydrogen-bond donors (Lipinski definition) is 3. The molecule has 0 aliphatic rings. The van der Waals surface area contributed by atoms with Gasteiger partial charge in [-0.1, -0.05) is 12.0 Å². The minimum Gasteiger partial charge on any atom is -0.354 e. The van der Waals surface area contributed by atoms with Gasteiger partial charge in [0.05, 0.1) is 18.0 Å². The SMILES string of the molecule is C#CCNC(=O)CCNC(=O)CNC(=O)c1cccc(S(=O)(=O)N(C)C)c1. The monoisotopic (exact) mass is 394 g/mol. The molecule has 0 fully saturated rings. The highest BCUT2D eigenvalue weighted by molar-refractivity contribution is 7.89. The summed E-state index contributed by atoms with van der Waals surface area (Å²) in [6, 6.07) is 5.50. The standard InChI is InChI=1S/C17H22N4O5S/c1-4-9-18-15(22)8-10-19-16(23)12-20-17(24)13-6-5-7-14(11-13)27(25,26)21(2)3/h1,5-7,11H,8-10,12H2,2-3H3,(H,18,22)(H,19,23)(H,20,24). The number of nitrogens with one attached hydrogen (secondary N) is 3. The first kappa shape index (κ1) is 22.1. The summed E-state index contributed by atoms with van der Waals surface area (Å²) in [6.07, 6.45) is 5.07. The highest BCUT2D eigenvalue weighted by Crippen LogP contribution is 2.14. The molecule has 0 saturated carbocycles. The van der Waals surface area contributed by atoms with Gasteiger partial charge in [-0.2, -0.15) is 0 Å². The number of benzene rings is 1. The third kappa shape index (κ3) is 7.08. The van der Waals surface area contributed by atoms with E-state index in [9.17, 15) is 22.8 Å². The molecular weight excluding hydrogens is 372 g/mol. The summed E-state index contributed by atoms with van der Waals surface area (Å²) in [4.78, 5) is 35.1. The van der Waals surface area contributed by atoms with Crippen LogP contribution in [0.1, 0.15) is 16.8 Å². The van der Waals surface area contributed by atoms with E-state index in [0.29, 0.717) is 0 Å². The van der Waals surface area contributed by atoms with Crippen molar-refractivity contribution in [2.75, 3.05) is 33.7 Å². The van der Waals surface area contributed by atoms with Crippen LogP contribution in [0.4, 0.5) is 0 Å². The molecule has 0 atom stereocenters. The maximum atomic E-state index is 12.1. The van der Waals surface area contributed by atoms with Gasteiger partial charge in [-0.3, -0.25) is 14.4 Å². The Morgan fingerprint density at radius 1 is 1.11 bits per heavy atom. The van der Waals surface area contributed by atoms with Crippen molar-refractivity contribution >= 4 is 27.7 Å². The van der Waals surface area contributed by atoms with Gasteiger partial charge in [0, 0.05) is 32.6 Å². The average Bonchev–Trinajstić information content (AvgIpc) is 2.64. The molecule has 1 rings (SSSR count). The second-order valence-corrected chi connectivity index (χ2v) is 7.73. The zero-order valence-electron chi connectivity index (χ0n) is 15.1. The van der Waals surface area contributed by atoms with Crippen LogP contribution in [0.3, 0.4) is 0 Å². The highest BCUT2D eigenvalue weighted by atomic mass is 32.2. The molecule has 10 heteroatoms. The molecule has 0 heterocycles. The fourth-order valence-corrected chi connectivity index (χ4v) is 2.84. The largest absolute Gasteiger partial charge is 0.354 e.